The largest absolute Gasteiger partial charge is 0.314 e. The number of hydrogen-bond acceptors (Lipinski definition) is 2. The second-order valence-corrected chi connectivity index (χ2v) is 7.14. The molecular formula is C17H27NS. The first-order valence-corrected chi connectivity index (χ1v) is 8.64. The number of aryl methyl sites for hydroxylation is 2. The summed E-state index contributed by atoms with van der Waals surface area (Å²) in [5.74, 6) is 1.17. The van der Waals surface area contributed by atoms with E-state index in [2.05, 4.69) is 56.0 Å². The van der Waals surface area contributed by atoms with Crippen LogP contribution >= 0.6 is 11.8 Å². The van der Waals surface area contributed by atoms with Crippen LogP contribution in [0, 0.1) is 13.8 Å². The molecule has 0 spiro atoms. The SMILES string of the molecule is CCNC1CCCC(SCc2cc(C)cc(C)c2)C1. The van der Waals surface area contributed by atoms with Gasteiger partial charge in [0.1, 0.15) is 0 Å². The highest BCUT2D eigenvalue weighted by molar-refractivity contribution is 7.99. The Bertz CT molecular complexity index is 380. The van der Waals surface area contributed by atoms with Crippen LogP contribution in [0.3, 0.4) is 0 Å². The fraction of sp³-hybridized carbons (Fsp3) is 0.647. The zero-order valence-corrected chi connectivity index (χ0v) is 13.4. The molecule has 1 fully saturated rings. The lowest BCUT2D eigenvalue weighted by Crippen LogP contribution is -2.34. The molecule has 1 aliphatic rings. The van der Waals surface area contributed by atoms with Crippen molar-refractivity contribution >= 4 is 11.8 Å². The van der Waals surface area contributed by atoms with Crippen LogP contribution in [0.4, 0.5) is 0 Å². The lowest BCUT2D eigenvalue weighted by Gasteiger charge is -2.29. The summed E-state index contributed by atoms with van der Waals surface area (Å²) in [5.41, 5.74) is 4.28. The summed E-state index contributed by atoms with van der Waals surface area (Å²) in [6.07, 6.45) is 5.51. The maximum Gasteiger partial charge on any atom is 0.0187 e. The summed E-state index contributed by atoms with van der Waals surface area (Å²) >= 11 is 2.16. The molecule has 0 radical (unpaired) electrons. The van der Waals surface area contributed by atoms with Crippen molar-refractivity contribution in [3.63, 3.8) is 0 Å². The van der Waals surface area contributed by atoms with Crippen LogP contribution in [0.15, 0.2) is 18.2 Å². The average molecular weight is 277 g/mol. The first-order chi connectivity index (χ1) is 9.17. The normalized spacial score (nSPS) is 23.5. The van der Waals surface area contributed by atoms with E-state index in [0.717, 1.165) is 17.8 Å². The summed E-state index contributed by atoms with van der Waals surface area (Å²) in [7, 11) is 0. The summed E-state index contributed by atoms with van der Waals surface area (Å²) in [4.78, 5) is 0. The number of hydrogen-bond donors (Lipinski definition) is 1. The van der Waals surface area contributed by atoms with Gasteiger partial charge in [-0.05, 0) is 45.2 Å². The molecule has 2 atom stereocenters. The molecule has 0 aromatic heterocycles. The van der Waals surface area contributed by atoms with Gasteiger partial charge in [0, 0.05) is 17.0 Å². The Morgan fingerprint density at radius 2 is 1.89 bits per heavy atom. The number of nitrogens with one attached hydrogen (secondary N) is 1. The van der Waals surface area contributed by atoms with Crippen LogP contribution in [-0.4, -0.2) is 17.8 Å². The van der Waals surface area contributed by atoms with Crippen molar-refractivity contribution in [2.75, 3.05) is 6.54 Å². The molecule has 2 heteroatoms. The highest BCUT2D eigenvalue weighted by Gasteiger charge is 2.21. The Labute approximate surface area is 122 Å². The quantitative estimate of drug-likeness (QED) is 0.853. The van der Waals surface area contributed by atoms with E-state index in [-0.39, 0.29) is 0 Å². The highest BCUT2D eigenvalue weighted by Crippen LogP contribution is 2.31. The van der Waals surface area contributed by atoms with Crippen LogP contribution in [0.5, 0.6) is 0 Å². The second-order valence-electron chi connectivity index (χ2n) is 5.85. The molecule has 19 heavy (non-hydrogen) atoms. The van der Waals surface area contributed by atoms with Gasteiger partial charge >= 0.3 is 0 Å². The first kappa shape index (κ1) is 14.9. The molecule has 0 heterocycles. The molecule has 0 bridgehead atoms. The first-order valence-electron chi connectivity index (χ1n) is 7.59. The third-order valence-corrected chi connectivity index (χ3v) is 5.29. The van der Waals surface area contributed by atoms with Crippen LogP contribution in [-0.2, 0) is 5.75 Å². The fourth-order valence-corrected chi connectivity index (χ4v) is 4.43. The van der Waals surface area contributed by atoms with E-state index in [4.69, 9.17) is 0 Å². The van der Waals surface area contributed by atoms with Gasteiger partial charge in [-0.2, -0.15) is 11.8 Å². The van der Waals surface area contributed by atoms with Crippen molar-refractivity contribution in [3.8, 4) is 0 Å². The van der Waals surface area contributed by atoms with Crippen molar-refractivity contribution in [3.05, 3.63) is 34.9 Å². The third kappa shape index (κ3) is 4.85. The van der Waals surface area contributed by atoms with Crippen molar-refractivity contribution in [2.24, 2.45) is 0 Å². The maximum atomic E-state index is 3.62. The lowest BCUT2D eigenvalue weighted by atomic mass is 9.95. The van der Waals surface area contributed by atoms with Crippen LogP contribution < -0.4 is 5.32 Å². The lowest BCUT2D eigenvalue weighted by molar-refractivity contribution is 0.387. The summed E-state index contributed by atoms with van der Waals surface area (Å²) in [5, 5.41) is 4.46. The van der Waals surface area contributed by atoms with Gasteiger partial charge in [-0.15, -0.1) is 0 Å². The van der Waals surface area contributed by atoms with Gasteiger partial charge in [0.15, 0.2) is 0 Å². The van der Waals surface area contributed by atoms with E-state index in [1.807, 2.05) is 0 Å². The third-order valence-electron chi connectivity index (χ3n) is 3.89. The van der Waals surface area contributed by atoms with Crippen LogP contribution in [0.2, 0.25) is 0 Å². The summed E-state index contributed by atoms with van der Waals surface area (Å²) in [6, 6.07) is 7.70. The minimum Gasteiger partial charge on any atom is -0.314 e. The zero-order valence-electron chi connectivity index (χ0n) is 12.5. The Kier molecular flexibility index (Phi) is 5.77. The molecule has 106 valence electrons. The van der Waals surface area contributed by atoms with E-state index in [1.54, 1.807) is 0 Å². The minimum absolute atomic E-state index is 0.760. The predicted octanol–water partition coefficient (Wildman–Crippen LogP) is 4.46. The molecule has 1 nitrogen and oxygen atoms in total. The molecule has 1 aromatic rings. The molecule has 1 aromatic carbocycles. The molecule has 0 saturated heterocycles. The van der Waals surface area contributed by atoms with E-state index in [1.165, 1.54) is 48.1 Å². The van der Waals surface area contributed by atoms with Gasteiger partial charge < -0.3 is 5.32 Å². The summed E-state index contributed by atoms with van der Waals surface area (Å²) < 4.78 is 0. The Morgan fingerprint density at radius 3 is 2.58 bits per heavy atom. The van der Waals surface area contributed by atoms with Gasteiger partial charge in [-0.3, -0.25) is 0 Å². The Balaban J connectivity index is 1.84. The van der Waals surface area contributed by atoms with Crippen molar-refractivity contribution < 1.29 is 0 Å². The number of benzene rings is 1. The van der Waals surface area contributed by atoms with E-state index >= 15 is 0 Å². The van der Waals surface area contributed by atoms with Gasteiger partial charge in [0.05, 0.1) is 0 Å². The summed E-state index contributed by atoms with van der Waals surface area (Å²) in [6.45, 7) is 7.72. The van der Waals surface area contributed by atoms with E-state index in [0.29, 0.717) is 0 Å². The van der Waals surface area contributed by atoms with E-state index in [9.17, 15) is 0 Å². The molecule has 0 aliphatic heterocycles. The standard InChI is InChI=1S/C17H27NS/c1-4-18-16-6-5-7-17(11-16)19-12-15-9-13(2)8-14(3)10-15/h8-10,16-18H,4-7,11-12H2,1-3H3. The minimum atomic E-state index is 0.760. The fourth-order valence-electron chi connectivity index (χ4n) is 3.14. The number of thioether (sulfide) groups is 1. The topological polar surface area (TPSA) is 12.0 Å². The monoisotopic (exact) mass is 277 g/mol. The van der Waals surface area contributed by atoms with Crippen molar-refractivity contribution in [1.29, 1.82) is 0 Å². The molecule has 1 saturated carbocycles. The molecular weight excluding hydrogens is 250 g/mol. The molecule has 2 unspecified atom stereocenters. The zero-order chi connectivity index (χ0) is 13.7. The van der Waals surface area contributed by atoms with E-state index < -0.39 is 0 Å². The second kappa shape index (κ2) is 7.35. The highest BCUT2D eigenvalue weighted by atomic mass is 32.2. The Hall–Kier alpha value is -0.470. The molecule has 1 aliphatic carbocycles. The molecule has 2 rings (SSSR count). The van der Waals surface area contributed by atoms with Crippen molar-refractivity contribution in [1.82, 2.24) is 5.32 Å². The van der Waals surface area contributed by atoms with Gasteiger partial charge in [-0.1, -0.05) is 42.7 Å². The van der Waals surface area contributed by atoms with Gasteiger partial charge in [-0.25, -0.2) is 0 Å². The van der Waals surface area contributed by atoms with Crippen LogP contribution in [0.1, 0.15) is 49.3 Å². The van der Waals surface area contributed by atoms with Crippen LogP contribution in [0.25, 0.3) is 0 Å². The maximum absolute atomic E-state index is 3.62. The van der Waals surface area contributed by atoms with Gasteiger partial charge in [0.25, 0.3) is 0 Å². The molecule has 1 N–H and O–H groups in total. The predicted molar refractivity (Wildman–Crippen MR) is 86.9 cm³/mol. The molecule has 0 amide bonds. The van der Waals surface area contributed by atoms with Crippen molar-refractivity contribution in [2.45, 2.75) is 63.5 Å². The average Bonchev–Trinajstić information content (AvgIpc) is 2.36. The smallest absolute Gasteiger partial charge is 0.0187 e. The van der Waals surface area contributed by atoms with Gasteiger partial charge in [0.2, 0.25) is 0 Å². The number of rotatable bonds is 5. The Morgan fingerprint density at radius 1 is 1.16 bits per heavy atom.